The van der Waals surface area contributed by atoms with Crippen LogP contribution in [0, 0.1) is 5.92 Å². The molecule has 1 nitrogen and oxygen atoms in total. The summed E-state index contributed by atoms with van der Waals surface area (Å²) in [7, 11) is 1.73. The third-order valence-corrected chi connectivity index (χ3v) is 3.13. The van der Waals surface area contributed by atoms with Crippen molar-refractivity contribution in [2.24, 2.45) is 5.92 Å². The number of benzene rings is 1. The summed E-state index contributed by atoms with van der Waals surface area (Å²) in [4.78, 5) is 0. The second-order valence-corrected chi connectivity index (χ2v) is 4.21. The predicted molar refractivity (Wildman–Crippen MR) is 58.7 cm³/mol. The van der Waals surface area contributed by atoms with Gasteiger partial charge in [-0.2, -0.15) is 0 Å². The predicted octanol–water partition coefficient (Wildman–Crippen LogP) is 3.43. The van der Waals surface area contributed by atoms with Crippen LogP contribution in [0.1, 0.15) is 31.2 Å². The van der Waals surface area contributed by atoms with E-state index in [9.17, 15) is 0 Å². The van der Waals surface area contributed by atoms with E-state index in [2.05, 4.69) is 18.2 Å². The molecule has 1 aliphatic rings. The van der Waals surface area contributed by atoms with Crippen LogP contribution in [-0.2, 0) is 6.42 Å². The molecule has 1 aromatic rings. The van der Waals surface area contributed by atoms with Crippen LogP contribution in [0.15, 0.2) is 24.3 Å². The van der Waals surface area contributed by atoms with Gasteiger partial charge < -0.3 is 4.74 Å². The molecular formula is C13H18O. The van der Waals surface area contributed by atoms with E-state index in [0.29, 0.717) is 0 Å². The molecule has 0 N–H and O–H groups in total. The Bertz CT molecular complexity index is 287. The number of hydrogen-bond donors (Lipinski definition) is 0. The van der Waals surface area contributed by atoms with E-state index < -0.39 is 0 Å². The van der Waals surface area contributed by atoms with E-state index in [0.717, 1.165) is 11.7 Å². The smallest absolute Gasteiger partial charge is 0.119 e. The second kappa shape index (κ2) is 4.50. The minimum absolute atomic E-state index is 0.919. The monoisotopic (exact) mass is 190 g/mol. The average Bonchev–Trinajstić information content (AvgIpc) is 2.71. The fraction of sp³-hybridized carbons (Fsp3) is 0.538. The number of hydrogen-bond acceptors (Lipinski definition) is 1. The molecule has 1 aromatic carbocycles. The van der Waals surface area contributed by atoms with E-state index in [1.807, 2.05) is 6.07 Å². The molecule has 1 fully saturated rings. The van der Waals surface area contributed by atoms with Crippen molar-refractivity contribution in [1.29, 1.82) is 0 Å². The van der Waals surface area contributed by atoms with Crippen LogP contribution in [-0.4, -0.2) is 7.11 Å². The van der Waals surface area contributed by atoms with Crippen molar-refractivity contribution >= 4 is 0 Å². The van der Waals surface area contributed by atoms with Crippen molar-refractivity contribution < 1.29 is 4.74 Å². The molecule has 0 atom stereocenters. The lowest BCUT2D eigenvalue weighted by Crippen LogP contribution is -1.98. The van der Waals surface area contributed by atoms with Gasteiger partial charge in [0.15, 0.2) is 0 Å². The molecule has 0 unspecified atom stereocenters. The molecule has 1 saturated carbocycles. The highest BCUT2D eigenvalue weighted by Gasteiger charge is 2.15. The van der Waals surface area contributed by atoms with Gasteiger partial charge in [0.1, 0.15) is 5.75 Å². The van der Waals surface area contributed by atoms with Crippen molar-refractivity contribution in [3.8, 4) is 5.75 Å². The van der Waals surface area contributed by atoms with E-state index in [1.54, 1.807) is 7.11 Å². The van der Waals surface area contributed by atoms with Gasteiger partial charge in [-0.1, -0.05) is 37.8 Å². The summed E-state index contributed by atoms with van der Waals surface area (Å²) in [6.07, 6.45) is 6.91. The normalized spacial score (nSPS) is 17.2. The Balaban J connectivity index is 2.00. The maximum Gasteiger partial charge on any atom is 0.119 e. The third kappa shape index (κ3) is 2.28. The molecule has 0 saturated heterocycles. The molecule has 76 valence electrons. The second-order valence-electron chi connectivity index (χ2n) is 4.21. The first-order chi connectivity index (χ1) is 6.88. The summed E-state index contributed by atoms with van der Waals surface area (Å²) in [6, 6.07) is 8.47. The van der Waals surface area contributed by atoms with Crippen LogP contribution >= 0.6 is 0 Å². The topological polar surface area (TPSA) is 9.23 Å². The van der Waals surface area contributed by atoms with Crippen LogP contribution < -0.4 is 4.74 Å². The molecule has 1 aliphatic carbocycles. The molecule has 0 heterocycles. The Labute approximate surface area is 86.1 Å². The molecular weight excluding hydrogens is 172 g/mol. The Morgan fingerprint density at radius 2 is 2.07 bits per heavy atom. The SMILES string of the molecule is COc1cccc(CC2CCCC2)c1. The van der Waals surface area contributed by atoms with Crippen LogP contribution in [0.2, 0.25) is 0 Å². The summed E-state index contributed by atoms with van der Waals surface area (Å²) < 4.78 is 5.22. The van der Waals surface area contributed by atoms with Gasteiger partial charge in [-0.15, -0.1) is 0 Å². The summed E-state index contributed by atoms with van der Waals surface area (Å²) >= 11 is 0. The van der Waals surface area contributed by atoms with E-state index in [4.69, 9.17) is 4.74 Å². The molecule has 0 aromatic heterocycles. The fourth-order valence-corrected chi connectivity index (χ4v) is 2.35. The van der Waals surface area contributed by atoms with Crippen molar-refractivity contribution in [3.63, 3.8) is 0 Å². The molecule has 0 spiro atoms. The molecule has 0 bridgehead atoms. The van der Waals surface area contributed by atoms with Gasteiger partial charge in [-0.3, -0.25) is 0 Å². The Hall–Kier alpha value is -0.980. The third-order valence-electron chi connectivity index (χ3n) is 3.13. The molecule has 2 rings (SSSR count). The fourth-order valence-electron chi connectivity index (χ4n) is 2.35. The average molecular weight is 190 g/mol. The minimum Gasteiger partial charge on any atom is -0.497 e. The summed E-state index contributed by atoms with van der Waals surface area (Å²) in [5.41, 5.74) is 1.43. The van der Waals surface area contributed by atoms with Crippen molar-refractivity contribution in [2.75, 3.05) is 7.11 Å². The summed E-state index contributed by atoms with van der Waals surface area (Å²) in [6.45, 7) is 0. The van der Waals surface area contributed by atoms with Gasteiger partial charge in [0.05, 0.1) is 7.11 Å². The van der Waals surface area contributed by atoms with Crippen LogP contribution in [0.4, 0.5) is 0 Å². The highest BCUT2D eigenvalue weighted by Crippen LogP contribution is 2.28. The van der Waals surface area contributed by atoms with Gasteiger partial charge >= 0.3 is 0 Å². The number of methoxy groups -OCH3 is 1. The van der Waals surface area contributed by atoms with Crippen molar-refractivity contribution in [3.05, 3.63) is 29.8 Å². The molecule has 1 heteroatoms. The minimum atomic E-state index is 0.919. The zero-order valence-electron chi connectivity index (χ0n) is 8.83. The molecule has 0 amide bonds. The van der Waals surface area contributed by atoms with Gasteiger partial charge in [-0.05, 0) is 30.0 Å². The van der Waals surface area contributed by atoms with Crippen molar-refractivity contribution in [2.45, 2.75) is 32.1 Å². The van der Waals surface area contributed by atoms with Crippen LogP contribution in [0.25, 0.3) is 0 Å². The molecule has 14 heavy (non-hydrogen) atoms. The lowest BCUT2D eigenvalue weighted by atomic mass is 9.98. The Morgan fingerprint density at radius 3 is 2.79 bits per heavy atom. The van der Waals surface area contributed by atoms with E-state index >= 15 is 0 Å². The van der Waals surface area contributed by atoms with Gasteiger partial charge in [-0.25, -0.2) is 0 Å². The maximum atomic E-state index is 5.22. The maximum absolute atomic E-state index is 5.22. The van der Waals surface area contributed by atoms with Crippen LogP contribution in [0.5, 0.6) is 5.75 Å². The van der Waals surface area contributed by atoms with E-state index in [1.165, 1.54) is 37.7 Å². The lowest BCUT2D eigenvalue weighted by Gasteiger charge is -2.09. The standard InChI is InChI=1S/C13H18O/c1-14-13-8-4-7-12(10-13)9-11-5-2-3-6-11/h4,7-8,10-11H,2-3,5-6,9H2,1H3. The first-order valence-corrected chi connectivity index (χ1v) is 5.51. The van der Waals surface area contributed by atoms with Crippen molar-refractivity contribution in [1.82, 2.24) is 0 Å². The Kier molecular flexibility index (Phi) is 3.07. The van der Waals surface area contributed by atoms with Gasteiger partial charge in [0.25, 0.3) is 0 Å². The van der Waals surface area contributed by atoms with Crippen LogP contribution in [0.3, 0.4) is 0 Å². The van der Waals surface area contributed by atoms with E-state index in [-0.39, 0.29) is 0 Å². The Morgan fingerprint density at radius 1 is 1.29 bits per heavy atom. The quantitative estimate of drug-likeness (QED) is 0.709. The summed E-state index contributed by atoms with van der Waals surface area (Å²) in [5, 5.41) is 0. The largest absolute Gasteiger partial charge is 0.497 e. The first-order valence-electron chi connectivity index (χ1n) is 5.51. The van der Waals surface area contributed by atoms with Gasteiger partial charge in [0.2, 0.25) is 0 Å². The zero-order chi connectivity index (χ0) is 9.80. The number of ether oxygens (including phenoxy) is 1. The van der Waals surface area contributed by atoms with Gasteiger partial charge in [0, 0.05) is 0 Å². The molecule has 0 aliphatic heterocycles. The highest BCUT2D eigenvalue weighted by molar-refractivity contribution is 5.28. The highest BCUT2D eigenvalue weighted by atomic mass is 16.5. The summed E-state index contributed by atoms with van der Waals surface area (Å²) in [5.74, 6) is 1.91. The molecule has 0 radical (unpaired) electrons. The zero-order valence-corrected chi connectivity index (χ0v) is 8.83. The lowest BCUT2D eigenvalue weighted by molar-refractivity contribution is 0.413. The number of rotatable bonds is 3. The first kappa shape index (κ1) is 9.57.